The quantitative estimate of drug-likeness (QED) is 0.579. The fourth-order valence-electron chi connectivity index (χ4n) is 1.73. The fraction of sp³-hybridized carbons (Fsp3) is 0.727. The highest BCUT2D eigenvalue weighted by Gasteiger charge is 2.33. The minimum Gasteiger partial charge on any atom is -0.355 e. The van der Waals surface area contributed by atoms with Gasteiger partial charge in [0.1, 0.15) is 6.23 Å². The zero-order chi connectivity index (χ0) is 9.84. The average molecular weight is 182 g/mol. The molecule has 0 spiro atoms. The molecule has 0 aromatic carbocycles. The molecule has 1 radical (unpaired) electrons. The first-order valence-corrected chi connectivity index (χ1v) is 5.20. The van der Waals surface area contributed by atoms with Gasteiger partial charge in [-0.15, -0.1) is 0 Å². The molecular formula is C11H20NO. The Morgan fingerprint density at radius 1 is 1.15 bits per heavy atom. The molecular weight excluding hydrogens is 162 g/mol. The van der Waals surface area contributed by atoms with E-state index in [1.807, 2.05) is 20.8 Å². The number of fused-ring (bicyclic) bond motifs is 1. The smallest absolute Gasteiger partial charge is 0.106 e. The maximum absolute atomic E-state index is 5.58. The third kappa shape index (κ3) is 2.55. The van der Waals surface area contributed by atoms with Gasteiger partial charge in [0.15, 0.2) is 0 Å². The van der Waals surface area contributed by atoms with Crippen LogP contribution in [0.2, 0.25) is 0 Å². The standard InChI is InChI=1S/C9H14NO.C2H6/c1-6-3-4-9-8(5-6)10-7(2)11-9;1-2/h3-10H,1-2H3;1-2H3. The molecule has 1 aliphatic carbocycles. The second kappa shape index (κ2) is 4.77. The molecule has 1 fully saturated rings. The Balaban J connectivity index is 0.000000396. The summed E-state index contributed by atoms with van der Waals surface area (Å²) < 4.78 is 5.58. The molecule has 2 heteroatoms. The van der Waals surface area contributed by atoms with Crippen LogP contribution in [0, 0.1) is 12.3 Å². The van der Waals surface area contributed by atoms with Gasteiger partial charge in [0.2, 0.25) is 0 Å². The maximum Gasteiger partial charge on any atom is 0.106 e. The average Bonchev–Trinajstić information content (AvgIpc) is 2.48. The van der Waals surface area contributed by atoms with Crippen molar-refractivity contribution in [2.75, 3.05) is 0 Å². The minimum absolute atomic E-state index is 0.205. The van der Waals surface area contributed by atoms with Crippen molar-refractivity contribution in [1.29, 1.82) is 0 Å². The van der Waals surface area contributed by atoms with Crippen molar-refractivity contribution in [3.63, 3.8) is 0 Å². The first kappa shape index (κ1) is 10.7. The van der Waals surface area contributed by atoms with Crippen LogP contribution in [0.3, 0.4) is 0 Å². The van der Waals surface area contributed by atoms with Gasteiger partial charge in [-0.05, 0) is 19.3 Å². The molecule has 2 rings (SSSR count). The predicted molar refractivity (Wildman–Crippen MR) is 55.2 cm³/mol. The van der Waals surface area contributed by atoms with Crippen molar-refractivity contribution in [3.8, 4) is 0 Å². The van der Waals surface area contributed by atoms with Crippen molar-refractivity contribution in [2.24, 2.45) is 5.92 Å². The Kier molecular flexibility index (Phi) is 3.94. The highest BCUT2D eigenvalue weighted by Crippen LogP contribution is 2.24. The van der Waals surface area contributed by atoms with E-state index < -0.39 is 0 Å². The van der Waals surface area contributed by atoms with Gasteiger partial charge in [-0.2, -0.15) is 0 Å². The lowest BCUT2D eigenvalue weighted by Gasteiger charge is -2.21. The summed E-state index contributed by atoms with van der Waals surface area (Å²) in [5.74, 6) is 0.581. The number of hydrogen-bond donors (Lipinski definition) is 1. The van der Waals surface area contributed by atoms with Crippen molar-refractivity contribution in [1.82, 2.24) is 5.32 Å². The Labute approximate surface area is 81.4 Å². The topological polar surface area (TPSA) is 21.3 Å². The summed E-state index contributed by atoms with van der Waals surface area (Å²) in [6.07, 6.45) is 7.14. The van der Waals surface area contributed by atoms with Crippen LogP contribution in [-0.4, -0.2) is 18.4 Å². The van der Waals surface area contributed by atoms with Gasteiger partial charge in [0.25, 0.3) is 0 Å². The molecule has 0 bridgehead atoms. The van der Waals surface area contributed by atoms with E-state index >= 15 is 0 Å². The maximum atomic E-state index is 5.58. The summed E-state index contributed by atoms with van der Waals surface area (Å²) in [5, 5.41) is 3.36. The molecule has 13 heavy (non-hydrogen) atoms. The third-order valence-electron chi connectivity index (χ3n) is 2.26. The van der Waals surface area contributed by atoms with Crippen LogP contribution in [0.15, 0.2) is 12.2 Å². The molecule has 1 N–H and O–H groups in total. The lowest BCUT2D eigenvalue weighted by atomic mass is 9.92. The molecule has 0 saturated carbocycles. The molecule has 4 atom stereocenters. The lowest BCUT2D eigenvalue weighted by Crippen LogP contribution is -2.35. The second-order valence-corrected chi connectivity index (χ2v) is 3.37. The van der Waals surface area contributed by atoms with E-state index in [1.165, 1.54) is 0 Å². The van der Waals surface area contributed by atoms with Crippen LogP contribution in [0.25, 0.3) is 0 Å². The van der Waals surface area contributed by atoms with E-state index in [2.05, 4.69) is 30.8 Å². The SMILES string of the molecule is CC.CC1[CH]C2NC(C)OC2C=C1. The van der Waals surface area contributed by atoms with Gasteiger partial charge in [-0.1, -0.05) is 32.9 Å². The van der Waals surface area contributed by atoms with E-state index in [-0.39, 0.29) is 12.3 Å². The van der Waals surface area contributed by atoms with Gasteiger partial charge in [-0.3, -0.25) is 5.32 Å². The zero-order valence-electron chi connectivity index (χ0n) is 8.95. The molecule has 0 aromatic rings. The van der Waals surface area contributed by atoms with Crippen LogP contribution in [0.4, 0.5) is 0 Å². The van der Waals surface area contributed by atoms with Crippen LogP contribution in [-0.2, 0) is 4.74 Å². The zero-order valence-corrected chi connectivity index (χ0v) is 8.95. The Bertz CT molecular complexity index is 179. The molecule has 1 heterocycles. The van der Waals surface area contributed by atoms with Crippen LogP contribution >= 0.6 is 0 Å². The molecule has 75 valence electrons. The molecule has 0 aromatic heterocycles. The van der Waals surface area contributed by atoms with Gasteiger partial charge < -0.3 is 4.74 Å². The third-order valence-corrected chi connectivity index (χ3v) is 2.26. The normalized spacial score (nSPS) is 42.2. The second-order valence-electron chi connectivity index (χ2n) is 3.37. The van der Waals surface area contributed by atoms with Gasteiger partial charge in [0.05, 0.1) is 6.10 Å². The molecule has 4 unspecified atom stereocenters. The van der Waals surface area contributed by atoms with Crippen molar-refractivity contribution >= 4 is 0 Å². The molecule has 0 amide bonds. The number of hydrogen-bond acceptors (Lipinski definition) is 2. The van der Waals surface area contributed by atoms with Crippen LogP contribution < -0.4 is 5.32 Å². The highest BCUT2D eigenvalue weighted by atomic mass is 16.5. The van der Waals surface area contributed by atoms with Gasteiger partial charge in [0, 0.05) is 6.04 Å². The number of nitrogens with one attached hydrogen (secondary N) is 1. The molecule has 2 nitrogen and oxygen atoms in total. The number of rotatable bonds is 0. The van der Waals surface area contributed by atoms with Crippen molar-refractivity contribution in [2.45, 2.75) is 46.1 Å². The van der Waals surface area contributed by atoms with E-state index in [0.717, 1.165) is 0 Å². The Hall–Kier alpha value is -0.340. The molecule has 1 saturated heterocycles. The summed E-state index contributed by atoms with van der Waals surface area (Å²) in [5.41, 5.74) is 0. The Morgan fingerprint density at radius 3 is 2.54 bits per heavy atom. The van der Waals surface area contributed by atoms with Gasteiger partial charge >= 0.3 is 0 Å². The van der Waals surface area contributed by atoms with Crippen molar-refractivity contribution in [3.05, 3.63) is 18.6 Å². The number of allylic oxidation sites excluding steroid dienone is 1. The van der Waals surface area contributed by atoms with Crippen LogP contribution in [0.5, 0.6) is 0 Å². The minimum atomic E-state index is 0.205. The van der Waals surface area contributed by atoms with Crippen molar-refractivity contribution < 1.29 is 4.74 Å². The first-order chi connectivity index (χ1) is 6.25. The summed E-state index contributed by atoms with van der Waals surface area (Å²) in [4.78, 5) is 0. The summed E-state index contributed by atoms with van der Waals surface area (Å²) in [6.45, 7) is 8.24. The van der Waals surface area contributed by atoms with E-state index in [0.29, 0.717) is 12.0 Å². The highest BCUT2D eigenvalue weighted by molar-refractivity contribution is 5.14. The Morgan fingerprint density at radius 2 is 1.85 bits per heavy atom. The van der Waals surface area contributed by atoms with E-state index in [1.54, 1.807) is 0 Å². The predicted octanol–water partition coefficient (Wildman–Crippen LogP) is 2.13. The largest absolute Gasteiger partial charge is 0.355 e. The first-order valence-electron chi connectivity index (χ1n) is 5.20. The van der Waals surface area contributed by atoms with Gasteiger partial charge in [-0.25, -0.2) is 0 Å². The monoisotopic (exact) mass is 182 g/mol. The lowest BCUT2D eigenvalue weighted by molar-refractivity contribution is 0.0741. The molecule has 1 aliphatic heterocycles. The number of ether oxygens (including phenoxy) is 1. The van der Waals surface area contributed by atoms with E-state index in [4.69, 9.17) is 4.74 Å². The summed E-state index contributed by atoms with van der Waals surface area (Å²) in [6, 6.07) is 0.435. The summed E-state index contributed by atoms with van der Waals surface area (Å²) in [7, 11) is 0. The molecule has 2 aliphatic rings. The van der Waals surface area contributed by atoms with E-state index in [9.17, 15) is 0 Å². The van der Waals surface area contributed by atoms with Crippen LogP contribution in [0.1, 0.15) is 27.7 Å². The fourth-order valence-corrected chi connectivity index (χ4v) is 1.73. The summed E-state index contributed by atoms with van der Waals surface area (Å²) >= 11 is 0.